The lowest BCUT2D eigenvalue weighted by Gasteiger charge is -1.92. The Morgan fingerprint density at radius 3 is 1.93 bits per heavy atom. The Morgan fingerprint density at radius 1 is 1.00 bits per heavy atom. The molecule has 1 aliphatic carbocycles. The molecule has 0 saturated carbocycles. The number of nitriles is 2. The first kappa shape index (κ1) is 8.53. The fourth-order valence-corrected chi connectivity index (χ4v) is 1.78. The molecular formula is C12H8N2. The molecular weight excluding hydrogens is 172 g/mol. The lowest BCUT2D eigenvalue weighted by molar-refractivity contribution is 1.15. The summed E-state index contributed by atoms with van der Waals surface area (Å²) in [6.07, 6.45) is 1.51. The first-order chi connectivity index (χ1) is 6.85. The molecule has 0 unspecified atom stereocenters. The second-order valence-electron chi connectivity index (χ2n) is 3.32. The molecule has 14 heavy (non-hydrogen) atoms. The second-order valence-corrected chi connectivity index (χ2v) is 3.32. The third-order valence-corrected chi connectivity index (χ3v) is 2.50. The van der Waals surface area contributed by atoms with E-state index in [1.165, 1.54) is 11.1 Å². The molecule has 2 heteroatoms. The summed E-state index contributed by atoms with van der Waals surface area (Å²) in [4.78, 5) is 0. The number of hydrogen-bond donors (Lipinski definition) is 0. The maximum atomic E-state index is 8.74. The summed E-state index contributed by atoms with van der Waals surface area (Å²) in [5.74, 6) is 0. The fourth-order valence-electron chi connectivity index (χ4n) is 1.78. The van der Waals surface area contributed by atoms with Crippen LogP contribution in [0.25, 0.3) is 0 Å². The predicted molar refractivity (Wildman–Crippen MR) is 52.1 cm³/mol. The van der Waals surface area contributed by atoms with Crippen LogP contribution in [0.3, 0.4) is 0 Å². The normalized spacial score (nSPS) is 12.9. The minimum Gasteiger partial charge on any atom is -0.192 e. The third kappa shape index (κ3) is 1.28. The summed E-state index contributed by atoms with van der Waals surface area (Å²) < 4.78 is 0. The van der Waals surface area contributed by atoms with Crippen molar-refractivity contribution in [1.29, 1.82) is 10.5 Å². The lowest BCUT2D eigenvalue weighted by Crippen LogP contribution is -1.86. The van der Waals surface area contributed by atoms with E-state index in [9.17, 15) is 0 Å². The molecule has 1 aliphatic rings. The smallest absolute Gasteiger partial charge is 0.129 e. The van der Waals surface area contributed by atoms with Crippen LogP contribution >= 0.6 is 0 Å². The zero-order valence-corrected chi connectivity index (χ0v) is 7.62. The molecule has 2 rings (SSSR count). The number of rotatable bonds is 0. The van der Waals surface area contributed by atoms with E-state index in [1.54, 1.807) is 0 Å². The molecule has 0 aliphatic heterocycles. The van der Waals surface area contributed by atoms with Crippen molar-refractivity contribution in [2.45, 2.75) is 12.8 Å². The van der Waals surface area contributed by atoms with Crippen molar-refractivity contribution in [1.82, 2.24) is 0 Å². The van der Waals surface area contributed by atoms with Crippen LogP contribution in [0, 0.1) is 22.7 Å². The van der Waals surface area contributed by atoms with E-state index in [4.69, 9.17) is 10.5 Å². The minimum atomic E-state index is 0.279. The van der Waals surface area contributed by atoms with Crippen LogP contribution in [0.5, 0.6) is 0 Å². The van der Waals surface area contributed by atoms with Crippen molar-refractivity contribution in [3.63, 3.8) is 0 Å². The van der Waals surface area contributed by atoms with Gasteiger partial charge >= 0.3 is 0 Å². The Labute approximate surface area is 82.7 Å². The van der Waals surface area contributed by atoms with Gasteiger partial charge in [-0.05, 0) is 29.5 Å². The fraction of sp³-hybridized carbons (Fsp3) is 0.167. The average molecular weight is 180 g/mol. The summed E-state index contributed by atoms with van der Waals surface area (Å²) in [5.41, 5.74) is 3.72. The van der Waals surface area contributed by atoms with Gasteiger partial charge in [0.25, 0.3) is 0 Å². The summed E-state index contributed by atoms with van der Waals surface area (Å²) in [6, 6.07) is 12.0. The first-order valence-corrected chi connectivity index (χ1v) is 4.44. The third-order valence-electron chi connectivity index (χ3n) is 2.50. The highest BCUT2D eigenvalue weighted by atomic mass is 14.3. The van der Waals surface area contributed by atoms with Crippen LogP contribution in [0.1, 0.15) is 11.1 Å². The van der Waals surface area contributed by atoms with E-state index in [0.29, 0.717) is 0 Å². The van der Waals surface area contributed by atoms with Gasteiger partial charge in [-0.1, -0.05) is 24.3 Å². The van der Waals surface area contributed by atoms with Crippen LogP contribution in [0.4, 0.5) is 0 Å². The monoisotopic (exact) mass is 180 g/mol. The van der Waals surface area contributed by atoms with Gasteiger partial charge in [-0.3, -0.25) is 0 Å². The van der Waals surface area contributed by atoms with E-state index in [1.807, 2.05) is 24.3 Å². The van der Waals surface area contributed by atoms with Crippen LogP contribution in [-0.4, -0.2) is 0 Å². The summed E-state index contributed by atoms with van der Waals surface area (Å²) in [6.45, 7) is 0. The van der Waals surface area contributed by atoms with Crippen LogP contribution in [-0.2, 0) is 12.8 Å². The molecule has 1 aromatic carbocycles. The molecule has 0 bridgehead atoms. The van der Waals surface area contributed by atoms with E-state index in [2.05, 4.69) is 12.1 Å². The molecule has 0 fully saturated rings. The topological polar surface area (TPSA) is 47.6 Å². The zero-order chi connectivity index (χ0) is 9.97. The molecule has 0 atom stereocenters. The number of benzene rings is 1. The van der Waals surface area contributed by atoms with Gasteiger partial charge in [0.2, 0.25) is 0 Å². The van der Waals surface area contributed by atoms with Crippen molar-refractivity contribution >= 4 is 0 Å². The Bertz CT molecular complexity index is 441. The van der Waals surface area contributed by atoms with E-state index < -0.39 is 0 Å². The summed E-state index contributed by atoms with van der Waals surface area (Å²) in [7, 11) is 0. The molecule has 0 aromatic heterocycles. The highest BCUT2D eigenvalue weighted by molar-refractivity contribution is 5.49. The van der Waals surface area contributed by atoms with Crippen molar-refractivity contribution < 1.29 is 0 Å². The maximum absolute atomic E-state index is 8.74. The van der Waals surface area contributed by atoms with Crippen LogP contribution in [0.15, 0.2) is 35.4 Å². The molecule has 0 heterocycles. The molecule has 66 valence electrons. The molecule has 0 saturated heterocycles. The molecule has 1 aromatic rings. The second kappa shape index (κ2) is 3.36. The van der Waals surface area contributed by atoms with Gasteiger partial charge in [-0.15, -0.1) is 0 Å². The van der Waals surface area contributed by atoms with Crippen LogP contribution in [0.2, 0.25) is 0 Å². The molecule has 0 amide bonds. The largest absolute Gasteiger partial charge is 0.192 e. The predicted octanol–water partition coefficient (Wildman–Crippen LogP) is 2.13. The first-order valence-electron chi connectivity index (χ1n) is 4.44. The van der Waals surface area contributed by atoms with E-state index in [0.717, 1.165) is 18.4 Å². The molecule has 0 N–H and O–H groups in total. The zero-order valence-electron chi connectivity index (χ0n) is 7.62. The van der Waals surface area contributed by atoms with E-state index in [-0.39, 0.29) is 5.57 Å². The standard InChI is InChI=1S/C12H8N2/c13-7-12(8-14)11-5-9-3-1-2-4-10(9)6-11/h1-4H,5-6H2. The quantitative estimate of drug-likeness (QED) is 0.574. The van der Waals surface area contributed by atoms with Crippen molar-refractivity contribution in [2.75, 3.05) is 0 Å². The highest BCUT2D eigenvalue weighted by Gasteiger charge is 2.17. The van der Waals surface area contributed by atoms with Gasteiger partial charge in [0, 0.05) is 0 Å². The molecule has 2 nitrogen and oxygen atoms in total. The highest BCUT2D eigenvalue weighted by Crippen LogP contribution is 2.27. The Hall–Kier alpha value is -2.06. The average Bonchev–Trinajstić information content (AvgIpc) is 2.63. The van der Waals surface area contributed by atoms with Crippen LogP contribution < -0.4 is 0 Å². The Kier molecular flexibility index (Phi) is 2.05. The van der Waals surface area contributed by atoms with Gasteiger partial charge in [0.15, 0.2) is 0 Å². The number of fused-ring (bicyclic) bond motifs is 1. The van der Waals surface area contributed by atoms with E-state index >= 15 is 0 Å². The number of allylic oxidation sites excluding steroid dienone is 2. The van der Waals surface area contributed by atoms with Gasteiger partial charge in [-0.2, -0.15) is 10.5 Å². The molecule has 0 radical (unpaired) electrons. The minimum absolute atomic E-state index is 0.279. The summed E-state index contributed by atoms with van der Waals surface area (Å²) in [5, 5.41) is 17.5. The van der Waals surface area contributed by atoms with Gasteiger partial charge in [0.1, 0.15) is 17.7 Å². The Morgan fingerprint density at radius 2 is 1.50 bits per heavy atom. The lowest BCUT2D eigenvalue weighted by atomic mass is 10.1. The SMILES string of the molecule is N#CC(C#N)=C1Cc2ccccc2C1. The van der Waals surface area contributed by atoms with Gasteiger partial charge in [-0.25, -0.2) is 0 Å². The maximum Gasteiger partial charge on any atom is 0.129 e. The van der Waals surface area contributed by atoms with Gasteiger partial charge < -0.3 is 0 Å². The van der Waals surface area contributed by atoms with Crippen molar-refractivity contribution in [2.24, 2.45) is 0 Å². The number of hydrogen-bond acceptors (Lipinski definition) is 2. The number of nitrogens with zero attached hydrogens (tertiary/aromatic N) is 2. The Balaban J connectivity index is 2.43. The van der Waals surface area contributed by atoms with Crippen molar-refractivity contribution in [3.05, 3.63) is 46.5 Å². The summed E-state index contributed by atoms with van der Waals surface area (Å²) >= 11 is 0. The molecule has 0 spiro atoms. The van der Waals surface area contributed by atoms with Gasteiger partial charge in [0.05, 0.1) is 0 Å². The van der Waals surface area contributed by atoms with Crippen molar-refractivity contribution in [3.8, 4) is 12.1 Å².